The number of pyridine rings is 1. The maximum atomic E-state index is 13.0. The number of aromatic nitrogens is 3. The second-order valence-electron chi connectivity index (χ2n) is 7.00. The van der Waals surface area contributed by atoms with Gasteiger partial charge in [-0.05, 0) is 38.8 Å². The van der Waals surface area contributed by atoms with E-state index in [-0.39, 0.29) is 6.03 Å². The zero-order valence-electron chi connectivity index (χ0n) is 16.3. The van der Waals surface area contributed by atoms with E-state index in [9.17, 15) is 4.79 Å². The third-order valence-electron chi connectivity index (χ3n) is 5.01. The van der Waals surface area contributed by atoms with Crippen molar-refractivity contribution in [3.8, 4) is 0 Å². The van der Waals surface area contributed by atoms with E-state index < -0.39 is 0 Å². The van der Waals surface area contributed by atoms with Gasteiger partial charge in [0.1, 0.15) is 0 Å². The fourth-order valence-electron chi connectivity index (χ4n) is 3.60. The van der Waals surface area contributed by atoms with Crippen molar-refractivity contribution in [3.63, 3.8) is 0 Å². The molecule has 0 bridgehead atoms. The maximum absolute atomic E-state index is 13.0. The first-order chi connectivity index (χ1) is 13.5. The second kappa shape index (κ2) is 7.38. The van der Waals surface area contributed by atoms with Crippen LogP contribution in [0.4, 0.5) is 22.1 Å². The minimum absolute atomic E-state index is 0.258. The van der Waals surface area contributed by atoms with Crippen molar-refractivity contribution < 1.29 is 4.79 Å². The highest BCUT2D eigenvalue weighted by Gasteiger charge is 2.27. The maximum Gasteiger partial charge on any atom is 0.328 e. The number of fused-ring (bicyclic) bond motifs is 1. The summed E-state index contributed by atoms with van der Waals surface area (Å²) < 4.78 is 0. The molecule has 0 atom stereocenters. The van der Waals surface area contributed by atoms with Crippen molar-refractivity contribution in [1.29, 1.82) is 0 Å². The Hall–Kier alpha value is -3.29. The van der Waals surface area contributed by atoms with E-state index in [1.807, 2.05) is 33.0 Å². The molecule has 2 aliphatic heterocycles. The van der Waals surface area contributed by atoms with Crippen LogP contribution in [0, 0.1) is 0 Å². The van der Waals surface area contributed by atoms with Crippen LogP contribution in [0.3, 0.4) is 0 Å². The van der Waals surface area contributed by atoms with Gasteiger partial charge in [0.2, 0.25) is 0 Å². The molecular weight excluding hydrogens is 354 g/mol. The Kier molecular flexibility index (Phi) is 4.77. The number of urea groups is 1. The zero-order valence-corrected chi connectivity index (χ0v) is 16.3. The summed E-state index contributed by atoms with van der Waals surface area (Å²) in [5.41, 5.74) is 4.78. The van der Waals surface area contributed by atoms with Crippen LogP contribution in [0.25, 0.3) is 5.57 Å². The Morgan fingerprint density at radius 2 is 1.96 bits per heavy atom. The molecule has 8 nitrogen and oxygen atoms in total. The Morgan fingerprint density at radius 3 is 2.68 bits per heavy atom. The quantitative estimate of drug-likeness (QED) is 0.867. The van der Waals surface area contributed by atoms with Crippen molar-refractivity contribution in [2.24, 2.45) is 4.99 Å². The highest BCUT2D eigenvalue weighted by atomic mass is 16.2. The molecule has 0 aromatic carbocycles. The third kappa shape index (κ3) is 3.33. The Morgan fingerprint density at radius 1 is 1.14 bits per heavy atom. The predicted molar refractivity (Wildman–Crippen MR) is 111 cm³/mol. The van der Waals surface area contributed by atoms with Gasteiger partial charge in [-0.1, -0.05) is 0 Å². The van der Waals surface area contributed by atoms with E-state index in [1.54, 1.807) is 17.3 Å². The van der Waals surface area contributed by atoms with E-state index in [0.29, 0.717) is 18.2 Å². The van der Waals surface area contributed by atoms with Crippen LogP contribution < -0.4 is 15.1 Å². The lowest BCUT2D eigenvalue weighted by atomic mass is 10.00. The Balaban J connectivity index is 1.72. The number of nitrogens with one attached hydrogen (secondary N) is 1. The van der Waals surface area contributed by atoms with Crippen molar-refractivity contribution in [3.05, 3.63) is 42.1 Å². The van der Waals surface area contributed by atoms with Gasteiger partial charge >= 0.3 is 6.03 Å². The Labute approximate surface area is 164 Å². The standard InChI is InChI=1S/C20H23N7O/c1-13-18(14(2)23-13)15-6-7-16-19(24-15)27(11-5-4-10-26(16)3)20(28)25-17-12-21-8-9-22-17/h6-9,12H,4-5,10-11H2,1-3H3,(H,22,25,28). The summed E-state index contributed by atoms with van der Waals surface area (Å²) in [6.45, 7) is 5.47. The SMILES string of the molecule is CC1=NC(C)=C1c1ccc2c(n1)N(C(=O)Nc1cnccn1)CCCCN2C. The van der Waals surface area contributed by atoms with Crippen LogP contribution in [0.15, 0.2) is 41.4 Å². The monoisotopic (exact) mass is 377 g/mol. The summed E-state index contributed by atoms with van der Waals surface area (Å²) >= 11 is 0. The average Bonchev–Trinajstić information content (AvgIpc) is 2.67. The van der Waals surface area contributed by atoms with E-state index in [2.05, 4.69) is 25.2 Å². The van der Waals surface area contributed by atoms with Gasteiger partial charge in [0.05, 0.1) is 17.6 Å². The smallest absolute Gasteiger partial charge is 0.328 e. The largest absolute Gasteiger partial charge is 0.372 e. The fraction of sp³-hybridized carbons (Fsp3) is 0.350. The van der Waals surface area contributed by atoms with E-state index in [4.69, 9.17) is 4.98 Å². The molecule has 0 saturated heterocycles. The molecule has 0 aliphatic carbocycles. The van der Waals surface area contributed by atoms with Crippen molar-refractivity contribution >= 4 is 34.6 Å². The molecule has 2 aromatic rings. The first-order valence-corrected chi connectivity index (χ1v) is 9.38. The summed E-state index contributed by atoms with van der Waals surface area (Å²) in [6.07, 6.45) is 6.55. The van der Waals surface area contributed by atoms with Gasteiger partial charge in [0, 0.05) is 49.5 Å². The number of anilines is 3. The molecule has 2 amide bonds. The predicted octanol–water partition coefficient (Wildman–Crippen LogP) is 3.35. The van der Waals surface area contributed by atoms with Gasteiger partial charge in [-0.2, -0.15) is 0 Å². The lowest BCUT2D eigenvalue weighted by Crippen LogP contribution is -2.39. The van der Waals surface area contributed by atoms with E-state index in [1.165, 1.54) is 6.20 Å². The number of rotatable bonds is 2. The van der Waals surface area contributed by atoms with Gasteiger partial charge in [-0.15, -0.1) is 0 Å². The van der Waals surface area contributed by atoms with Crippen LogP contribution in [0.1, 0.15) is 32.4 Å². The number of hydrogen-bond donors (Lipinski definition) is 1. The Bertz CT molecular complexity index is 968. The zero-order chi connectivity index (χ0) is 19.7. The average molecular weight is 377 g/mol. The highest BCUT2D eigenvalue weighted by Crippen LogP contribution is 2.34. The van der Waals surface area contributed by atoms with Crippen LogP contribution in [-0.2, 0) is 0 Å². The molecular formula is C20H23N7O. The number of nitrogens with zero attached hydrogens (tertiary/aromatic N) is 6. The molecule has 0 radical (unpaired) electrons. The molecule has 0 fully saturated rings. The minimum Gasteiger partial charge on any atom is -0.372 e. The molecule has 28 heavy (non-hydrogen) atoms. The summed E-state index contributed by atoms with van der Waals surface area (Å²) in [7, 11) is 2.03. The summed E-state index contributed by atoms with van der Waals surface area (Å²) in [4.78, 5) is 34.3. The summed E-state index contributed by atoms with van der Waals surface area (Å²) in [5, 5.41) is 2.83. The fourth-order valence-corrected chi connectivity index (χ4v) is 3.60. The van der Waals surface area contributed by atoms with E-state index >= 15 is 0 Å². The van der Waals surface area contributed by atoms with Crippen molar-refractivity contribution in [2.75, 3.05) is 35.3 Å². The van der Waals surface area contributed by atoms with E-state index in [0.717, 1.165) is 47.7 Å². The van der Waals surface area contributed by atoms with Gasteiger partial charge in [0.25, 0.3) is 0 Å². The van der Waals surface area contributed by atoms with Crippen molar-refractivity contribution in [2.45, 2.75) is 26.7 Å². The number of allylic oxidation sites excluding steroid dienone is 2. The van der Waals surface area contributed by atoms with Gasteiger partial charge in [-0.25, -0.2) is 14.8 Å². The number of amides is 2. The first kappa shape index (κ1) is 18.1. The molecule has 2 aliphatic rings. The summed E-state index contributed by atoms with van der Waals surface area (Å²) in [6, 6.07) is 3.79. The normalized spacial score (nSPS) is 16.6. The van der Waals surface area contributed by atoms with Gasteiger partial charge in [-0.3, -0.25) is 20.2 Å². The number of aliphatic imine (C=N–C) groups is 1. The molecule has 2 aromatic heterocycles. The van der Waals surface area contributed by atoms with Crippen LogP contribution in [0.2, 0.25) is 0 Å². The molecule has 0 spiro atoms. The lowest BCUT2D eigenvalue weighted by Gasteiger charge is -2.32. The molecule has 0 saturated carbocycles. The van der Waals surface area contributed by atoms with Gasteiger partial charge < -0.3 is 4.90 Å². The van der Waals surface area contributed by atoms with Gasteiger partial charge in [0.15, 0.2) is 11.6 Å². The number of hydrogen-bond acceptors (Lipinski definition) is 6. The molecule has 8 heteroatoms. The van der Waals surface area contributed by atoms with Crippen molar-refractivity contribution in [1.82, 2.24) is 15.0 Å². The molecule has 144 valence electrons. The molecule has 1 N–H and O–H groups in total. The molecule has 4 rings (SSSR count). The first-order valence-electron chi connectivity index (χ1n) is 9.38. The number of carbonyl (C=O) groups excluding carboxylic acids is 1. The topological polar surface area (TPSA) is 86.6 Å². The van der Waals surface area contributed by atoms with Crippen LogP contribution >= 0.6 is 0 Å². The molecule has 0 unspecified atom stereocenters. The number of carbonyl (C=O) groups is 1. The van der Waals surface area contributed by atoms with Crippen LogP contribution in [-0.4, -0.2) is 46.8 Å². The third-order valence-corrected chi connectivity index (χ3v) is 5.01. The second-order valence-corrected chi connectivity index (χ2v) is 7.00. The van der Waals surface area contributed by atoms with Crippen LogP contribution in [0.5, 0.6) is 0 Å². The highest BCUT2D eigenvalue weighted by molar-refractivity contribution is 6.28. The minimum atomic E-state index is -0.258. The lowest BCUT2D eigenvalue weighted by molar-refractivity contribution is 0.256. The molecule has 4 heterocycles. The summed E-state index contributed by atoms with van der Waals surface area (Å²) in [5.74, 6) is 1.07.